The SMILES string of the molecule is O=C(NCCc1ccccn1)c1ccc(CN2CCC(Cc3ccccc3)CC2)o1. The number of nitrogens with zero attached hydrogens (tertiary/aromatic N) is 2. The van der Waals surface area contributed by atoms with Gasteiger partial charge in [0.2, 0.25) is 0 Å². The van der Waals surface area contributed by atoms with Crippen molar-refractivity contribution in [2.75, 3.05) is 19.6 Å². The van der Waals surface area contributed by atoms with Crippen LogP contribution in [-0.2, 0) is 19.4 Å². The molecule has 1 fully saturated rings. The lowest BCUT2D eigenvalue weighted by atomic mass is 9.90. The third-order valence-electron chi connectivity index (χ3n) is 5.73. The molecule has 1 amide bonds. The minimum atomic E-state index is -0.168. The lowest BCUT2D eigenvalue weighted by molar-refractivity contribution is 0.0920. The van der Waals surface area contributed by atoms with Crippen LogP contribution in [0.2, 0.25) is 0 Å². The Morgan fingerprint density at radius 1 is 1.03 bits per heavy atom. The molecule has 1 aliphatic rings. The van der Waals surface area contributed by atoms with Crippen LogP contribution in [0.1, 0.15) is 40.4 Å². The van der Waals surface area contributed by atoms with Gasteiger partial charge in [-0.1, -0.05) is 36.4 Å². The minimum Gasteiger partial charge on any atom is -0.455 e. The van der Waals surface area contributed by atoms with Gasteiger partial charge in [-0.15, -0.1) is 0 Å². The van der Waals surface area contributed by atoms with Crippen molar-refractivity contribution in [3.63, 3.8) is 0 Å². The fourth-order valence-corrected chi connectivity index (χ4v) is 4.04. The van der Waals surface area contributed by atoms with Crippen LogP contribution in [0.4, 0.5) is 0 Å². The van der Waals surface area contributed by atoms with Crippen LogP contribution in [0.25, 0.3) is 0 Å². The second-order valence-corrected chi connectivity index (χ2v) is 8.00. The molecule has 5 nitrogen and oxygen atoms in total. The Morgan fingerprint density at radius 3 is 2.60 bits per heavy atom. The van der Waals surface area contributed by atoms with Crippen LogP contribution in [-0.4, -0.2) is 35.4 Å². The van der Waals surface area contributed by atoms with Gasteiger partial charge in [0.25, 0.3) is 5.91 Å². The van der Waals surface area contributed by atoms with Crippen molar-refractivity contribution < 1.29 is 9.21 Å². The van der Waals surface area contributed by atoms with E-state index in [0.29, 0.717) is 18.7 Å². The number of likely N-dealkylation sites (tertiary alicyclic amines) is 1. The summed E-state index contributed by atoms with van der Waals surface area (Å²) in [6, 6.07) is 20.2. The molecule has 1 aliphatic heterocycles. The summed E-state index contributed by atoms with van der Waals surface area (Å²) in [5.41, 5.74) is 2.40. The molecule has 0 spiro atoms. The first-order valence-corrected chi connectivity index (χ1v) is 10.8. The van der Waals surface area contributed by atoms with E-state index in [1.54, 1.807) is 12.3 Å². The number of hydrogen-bond acceptors (Lipinski definition) is 4. The van der Waals surface area contributed by atoms with Gasteiger partial charge in [-0.05, 0) is 68.1 Å². The monoisotopic (exact) mass is 403 g/mol. The second kappa shape index (κ2) is 10.2. The van der Waals surface area contributed by atoms with Crippen LogP contribution < -0.4 is 5.32 Å². The molecule has 3 aromatic rings. The Balaban J connectivity index is 1.19. The van der Waals surface area contributed by atoms with Gasteiger partial charge < -0.3 is 9.73 Å². The van der Waals surface area contributed by atoms with Gasteiger partial charge in [-0.3, -0.25) is 14.7 Å². The molecule has 2 aromatic heterocycles. The number of rotatable bonds is 8. The summed E-state index contributed by atoms with van der Waals surface area (Å²) in [6.07, 6.45) is 6.05. The molecule has 1 N–H and O–H groups in total. The normalized spacial score (nSPS) is 15.2. The zero-order valence-electron chi connectivity index (χ0n) is 17.3. The van der Waals surface area contributed by atoms with Crippen molar-refractivity contribution in [2.24, 2.45) is 5.92 Å². The molecule has 30 heavy (non-hydrogen) atoms. The Kier molecular flexibility index (Phi) is 6.93. The van der Waals surface area contributed by atoms with E-state index in [0.717, 1.165) is 43.4 Å². The van der Waals surface area contributed by atoms with Crippen LogP contribution in [0.5, 0.6) is 0 Å². The zero-order valence-corrected chi connectivity index (χ0v) is 17.3. The van der Waals surface area contributed by atoms with E-state index >= 15 is 0 Å². The third kappa shape index (κ3) is 5.80. The number of piperidine rings is 1. The van der Waals surface area contributed by atoms with Gasteiger partial charge in [-0.2, -0.15) is 0 Å². The molecule has 0 saturated carbocycles. The van der Waals surface area contributed by atoms with E-state index in [2.05, 4.69) is 45.5 Å². The Bertz CT molecular complexity index is 916. The van der Waals surface area contributed by atoms with E-state index in [-0.39, 0.29) is 5.91 Å². The average Bonchev–Trinajstić information content (AvgIpc) is 3.25. The fraction of sp³-hybridized carbons (Fsp3) is 0.360. The summed E-state index contributed by atoms with van der Waals surface area (Å²) in [7, 11) is 0. The van der Waals surface area contributed by atoms with E-state index in [4.69, 9.17) is 4.42 Å². The first kappa shape index (κ1) is 20.4. The lowest BCUT2D eigenvalue weighted by Gasteiger charge is -2.31. The molecule has 0 bridgehead atoms. The van der Waals surface area contributed by atoms with Crippen molar-refractivity contribution in [3.8, 4) is 0 Å². The van der Waals surface area contributed by atoms with Gasteiger partial charge in [0.15, 0.2) is 5.76 Å². The van der Waals surface area contributed by atoms with Crippen molar-refractivity contribution in [1.82, 2.24) is 15.2 Å². The summed E-state index contributed by atoms with van der Waals surface area (Å²) < 4.78 is 5.80. The van der Waals surface area contributed by atoms with Gasteiger partial charge in [-0.25, -0.2) is 0 Å². The maximum atomic E-state index is 12.3. The number of aromatic nitrogens is 1. The molecular formula is C25H29N3O2. The smallest absolute Gasteiger partial charge is 0.287 e. The molecule has 0 unspecified atom stereocenters. The number of furan rings is 1. The summed E-state index contributed by atoms with van der Waals surface area (Å²) in [4.78, 5) is 19.0. The molecule has 3 heterocycles. The molecule has 0 atom stereocenters. The van der Waals surface area contributed by atoms with E-state index in [9.17, 15) is 4.79 Å². The second-order valence-electron chi connectivity index (χ2n) is 8.00. The highest BCUT2D eigenvalue weighted by atomic mass is 16.4. The van der Waals surface area contributed by atoms with Crippen LogP contribution in [0, 0.1) is 5.92 Å². The summed E-state index contributed by atoms with van der Waals surface area (Å²) in [5.74, 6) is 1.82. The van der Waals surface area contributed by atoms with Crippen LogP contribution in [0.3, 0.4) is 0 Å². The van der Waals surface area contributed by atoms with E-state index in [1.807, 2.05) is 24.3 Å². The molecular weight excluding hydrogens is 374 g/mol. The summed E-state index contributed by atoms with van der Waals surface area (Å²) in [5, 5.41) is 2.91. The molecule has 4 rings (SSSR count). The van der Waals surface area contributed by atoms with Crippen molar-refractivity contribution in [2.45, 2.75) is 32.2 Å². The van der Waals surface area contributed by atoms with Crippen molar-refractivity contribution in [1.29, 1.82) is 0 Å². The maximum Gasteiger partial charge on any atom is 0.287 e. The average molecular weight is 404 g/mol. The van der Waals surface area contributed by atoms with E-state index in [1.165, 1.54) is 18.4 Å². The highest BCUT2D eigenvalue weighted by Crippen LogP contribution is 2.23. The number of carbonyl (C=O) groups excluding carboxylic acids is 1. The number of hydrogen-bond donors (Lipinski definition) is 1. The Morgan fingerprint density at radius 2 is 1.83 bits per heavy atom. The quantitative estimate of drug-likeness (QED) is 0.615. The number of amides is 1. The number of nitrogens with one attached hydrogen (secondary N) is 1. The zero-order chi connectivity index (χ0) is 20.6. The third-order valence-corrected chi connectivity index (χ3v) is 5.73. The highest BCUT2D eigenvalue weighted by molar-refractivity contribution is 5.91. The van der Waals surface area contributed by atoms with Crippen molar-refractivity contribution in [3.05, 3.63) is 89.6 Å². The molecule has 1 saturated heterocycles. The fourth-order valence-electron chi connectivity index (χ4n) is 4.04. The first-order valence-electron chi connectivity index (χ1n) is 10.8. The Labute approximate surface area is 178 Å². The molecule has 5 heteroatoms. The van der Waals surface area contributed by atoms with Gasteiger partial charge in [0.05, 0.1) is 6.54 Å². The minimum absolute atomic E-state index is 0.168. The number of benzene rings is 1. The molecule has 156 valence electrons. The van der Waals surface area contributed by atoms with Gasteiger partial charge >= 0.3 is 0 Å². The number of pyridine rings is 1. The maximum absolute atomic E-state index is 12.3. The topological polar surface area (TPSA) is 58.4 Å². The predicted molar refractivity (Wildman–Crippen MR) is 117 cm³/mol. The number of carbonyl (C=O) groups is 1. The molecule has 0 aliphatic carbocycles. The summed E-state index contributed by atoms with van der Waals surface area (Å²) >= 11 is 0. The van der Waals surface area contributed by atoms with Crippen LogP contribution in [0.15, 0.2) is 71.3 Å². The van der Waals surface area contributed by atoms with Crippen LogP contribution >= 0.6 is 0 Å². The predicted octanol–water partition coefficient (Wildman–Crippen LogP) is 4.10. The highest BCUT2D eigenvalue weighted by Gasteiger charge is 2.21. The van der Waals surface area contributed by atoms with Gasteiger partial charge in [0, 0.05) is 24.9 Å². The van der Waals surface area contributed by atoms with Gasteiger partial charge in [0.1, 0.15) is 5.76 Å². The van der Waals surface area contributed by atoms with E-state index < -0.39 is 0 Å². The Hall–Kier alpha value is -2.92. The standard InChI is InChI=1S/C25H29N3O2/c29-25(27-15-11-22-8-4-5-14-26-22)24-10-9-23(30-24)19-28-16-12-21(13-17-28)18-20-6-2-1-3-7-20/h1-10,14,21H,11-13,15-19H2,(H,27,29). The largest absolute Gasteiger partial charge is 0.455 e. The first-order chi connectivity index (χ1) is 14.8. The van der Waals surface area contributed by atoms with Crippen molar-refractivity contribution >= 4 is 5.91 Å². The lowest BCUT2D eigenvalue weighted by Crippen LogP contribution is -2.33. The molecule has 1 aromatic carbocycles. The summed E-state index contributed by atoms with van der Waals surface area (Å²) in [6.45, 7) is 3.45. The molecule has 0 radical (unpaired) electrons.